The van der Waals surface area contributed by atoms with Gasteiger partial charge >= 0.3 is 6.03 Å². The highest BCUT2D eigenvalue weighted by molar-refractivity contribution is 5.88. The van der Waals surface area contributed by atoms with E-state index in [-0.39, 0.29) is 30.6 Å². The molecule has 1 saturated heterocycles. The molecule has 3 amide bonds. The Balaban J connectivity index is 2.06. The van der Waals surface area contributed by atoms with Gasteiger partial charge in [-0.25, -0.2) is 4.79 Å². The van der Waals surface area contributed by atoms with E-state index in [0.29, 0.717) is 12.2 Å². The van der Waals surface area contributed by atoms with Gasteiger partial charge in [0.15, 0.2) is 0 Å². The van der Waals surface area contributed by atoms with Crippen molar-refractivity contribution in [3.05, 3.63) is 30.3 Å². The molecule has 1 aromatic rings. The number of amides is 3. The number of piperidine rings is 1. The number of urea groups is 1. The third kappa shape index (κ3) is 5.50. The molecule has 1 heterocycles. The van der Waals surface area contributed by atoms with Gasteiger partial charge in [0.2, 0.25) is 5.91 Å². The zero-order chi connectivity index (χ0) is 17.5. The van der Waals surface area contributed by atoms with Crippen LogP contribution in [0.1, 0.15) is 26.7 Å². The highest BCUT2D eigenvalue weighted by Crippen LogP contribution is 2.19. The van der Waals surface area contributed by atoms with Gasteiger partial charge in [-0.2, -0.15) is 5.06 Å². The number of hydrogen-bond acceptors (Lipinski definition) is 4. The Bertz CT molecular complexity index is 550. The number of primary amides is 1. The van der Waals surface area contributed by atoms with Gasteiger partial charge in [0.1, 0.15) is 0 Å². The second-order valence-corrected chi connectivity index (χ2v) is 6.27. The number of carbonyl (C=O) groups excluding carboxylic acids is 2. The highest BCUT2D eigenvalue weighted by atomic mass is 16.7. The van der Waals surface area contributed by atoms with Crippen LogP contribution in [0.5, 0.6) is 0 Å². The smallest absolute Gasteiger partial charge is 0.346 e. The van der Waals surface area contributed by atoms with E-state index in [1.807, 2.05) is 49.1 Å². The predicted molar refractivity (Wildman–Crippen MR) is 92.2 cm³/mol. The summed E-state index contributed by atoms with van der Waals surface area (Å²) in [4.78, 5) is 31.5. The summed E-state index contributed by atoms with van der Waals surface area (Å²) >= 11 is 0. The molecule has 1 aliphatic rings. The van der Waals surface area contributed by atoms with Crippen LogP contribution in [0, 0.1) is 0 Å². The molecule has 0 saturated carbocycles. The molecule has 0 spiro atoms. The summed E-state index contributed by atoms with van der Waals surface area (Å²) in [7, 11) is 0. The van der Waals surface area contributed by atoms with Crippen molar-refractivity contribution in [3.63, 3.8) is 0 Å². The van der Waals surface area contributed by atoms with Gasteiger partial charge < -0.3 is 11.1 Å². The average molecular weight is 334 g/mol. The molecule has 132 valence electrons. The molecule has 1 atom stereocenters. The van der Waals surface area contributed by atoms with Gasteiger partial charge in [-0.3, -0.25) is 14.5 Å². The van der Waals surface area contributed by atoms with Crippen LogP contribution < -0.4 is 11.1 Å². The lowest BCUT2D eigenvalue weighted by atomic mass is 10.1. The van der Waals surface area contributed by atoms with Crippen LogP contribution in [-0.4, -0.2) is 53.7 Å². The molecule has 0 aliphatic carbocycles. The number of rotatable bonds is 6. The van der Waals surface area contributed by atoms with Crippen molar-refractivity contribution in [2.75, 3.05) is 25.0 Å². The lowest BCUT2D eigenvalue weighted by Gasteiger charge is -2.38. The maximum Gasteiger partial charge on any atom is 0.346 e. The molecule has 1 unspecified atom stereocenters. The molecule has 7 nitrogen and oxygen atoms in total. The van der Waals surface area contributed by atoms with Crippen molar-refractivity contribution in [1.82, 2.24) is 9.96 Å². The first-order chi connectivity index (χ1) is 11.5. The molecule has 3 N–H and O–H groups in total. The van der Waals surface area contributed by atoms with Crippen LogP contribution >= 0.6 is 0 Å². The van der Waals surface area contributed by atoms with E-state index >= 15 is 0 Å². The quantitative estimate of drug-likeness (QED) is 0.777. The van der Waals surface area contributed by atoms with Crippen LogP contribution in [-0.2, 0) is 9.63 Å². The minimum Gasteiger partial charge on any atom is -0.369 e. The topological polar surface area (TPSA) is 87.9 Å². The molecule has 0 radical (unpaired) electrons. The Hall–Kier alpha value is -2.12. The fourth-order valence-electron chi connectivity index (χ4n) is 2.81. The number of anilines is 1. The molecule has 2 rings (SSSR count). The first kappa shape index (κ1) is 18.2. The summed E-state index contributed by atoms with van der Waals surface area (Å²) in [6.45, 7) is 5.33. The number of carbonyl (C=O) groups is 2. The third-order valence-electron chi connectivity index (χ3n) is 3.74. The van der Waals surface area contributed by atoms with E-state index in [9.17, 15) is 9.59 Å². The minimum absolute atomic E-state index is 0.121. The Morgan fingerprint density at radius 3 is 2.71 bits per heavy atom. The number of nitrogens with zero attached hydrogens (tertiary/aromatic N) is 2. The largest absolute Gasteiger partial charge is 0.369 e. The van der Waals surface area contributed by atoms with Crippen molar-refractivity contribution in [3.8, 4) is 0 Å². The summed E-state index contributed by atoms with van der Waals surface area (Å²) in [5.74, 6) is -0.360. The Morgan fingerprint density at radius 1 is 1.38 bits per heavy atom. The number of likely N-dealkylation sites (tertiary alicyclic amines) is 1. The van der Waals surface area contributed by atoms with E-state index in [1.165, 1.54) is 5.06 Å². The molecule has 1 fully saturated rings. The fraction of sp³-hybridized carbons (Fsp3) is 0.529. The van der Waals surface area contributed by atoms with Crippen molar-refractivity contribution >= 4 is 17.6 Å². The number of nitrogens with two attached hydrogens (primary N) is 1. The maximum atomic E-state index is 12.7. The van der Waals surface area contributed by atoms with Crippen LogP contribution in [0.4, 0.5) is 10.5 Å². The average Bonchev–Trinajstić information content (AvgIpc) is 2.53. The lowest BCUT2D eigenvalue weighted by molar-refractivity contribution is -0.178. The summed E-state index contributed by atoms with van der Waals surface area (Å²) in [5.41, 5.74) is 6.00. The van der Waals surface area contributed by atoms with Crippen molar-refractivity contribution < 1.29 is 14.4 Å². The monoisotopic (exact) mass is 334 g/mol. The van der Waals surface area contributed by atoms with E-state index < -0.39 is 0 Å². The van der Waals surface area contributed by atoms with E-state index in [0.717, 1.165) is 19.4 Å². The fourth-order valence-corrected chi connectivity index (χ4v) is 2.81. The molecule has 0 bridgehead atoms. The van der Waals surface area contributed by atoms with Crippen molar-refractivity contribution in [2.45, 2.75) is 38.8 Å². The Labute approximate surface area is 142 Å². The van der Waals surface area contributed by atoms with Gasteiger partial charge in [-0.05, 0) is 45.4 Å². The van der Waals surface area contributed by atoms with Crippen LogP contribution in [0.2, 0.25) is 0 Å². The SMILES string of the molecule is CC(C)ON(C(=O)Nc1ccccc1)C1CCCN(CC(N)=O)C1. The van der Waals surface area contributed by atoms with Crippen LogP contribution in [0.25, 0.3) is 0 Å². The second kappa shape index (κ2) is 8.65. The van der Waals surface area contributed by atoms with Crippen LogP contribution in [0.15, 0.2) is 30.3 Å². The molecular formula is C17H26N4O3. The van der Waals surface area contributed by atoms with Gasteiger partial charge in [0, 0.05) is 12.2 Å². The summed E-state index contributed by atoms with van der Waals surface area (Å²) in [6, 6.07) is 8.83. The summed E-state index contributed by atoms with van der Waals surface area (Å²) in [6.07, 6.45) is 1.58. The van der Waals surface area contributed by atoms with E-state index in [4.69, 9.17) is 10.6 Å². The molecular weight excluding hydrogens is 308 g/mol. The second-order valence-electron chi connectivity index (χ2n) is 6.27. The van der Waals surface area contributed by atoms with E-state index in [2.05, 4.69) is 5.32 Å². The number of benzene rings is 1. The minimum atomic E-state index is -0.360. The molecule has 1 aliphatic heterocycles. The van der Waals surface area contributed by atoms with Crippen LogP contribution in [0.3, 0.4) is 0 Å². The summed E-state index contributed by atoms with van der Waals surface area (Å²) in [5, 5.41) is 4.26. The standard InChI is InChI=1S/C17H26N4O3/c1-13(2)24-21(17(23)19-14-7-4-3-5-8-14)15-9-6-10-20(11-15)12-16(18)22/h3-5,7-8,13,15H,6,9-12H2,1-2H3,(H2,18,22)(H,19,23). The van der Waals surface area contributed by atoms with Gasteiger partial charge in [-0.1, -0.05) is 18.2 Å². The molecule has 1 aromatic carbocycles. The predicted octanol–water partition coefficient (Wildman–Crippen LogP) is 1.81. The van der Waals surface area contributed by atoms with Gasteiger partial charge in [0.25, 0.3) is 0 Å². The molecule has 7 heteroatoms. The highest BCUT2D eigenvalue weighted by Gasteiger charge is 2.31. The van der Waals surface area contributed by atoms with Gasteiger partial charge in [0.05, 0.1) is 18.7 Å². The van der Waals surface area contributed by atoms with Gasteiger partial charge in [-0.15, -0.1) is 0 Å². The summed E-state index contributed by atoms with van der Waals surface area (Å²) < 4.78 is 0. The first-order valence-corrected chi connectivity index (χ1v) is 8.28. The zero-order valence-corrected chi connectivity index (χ0v) is 14.3. The molecule has 0 aromatic heterocycles. The zero-order valence-electron chi connectivity index (χ0n) is 14.3. The Morgan fingerprint density at radius 2 is 2.08 bits per heavy atom. The number of hydroxylamine groups is 2. The molecule has 24 heavy (non-hydrogen) atoms. The van der Waals surface area contributed by atoms with E-state index in [1.54, 1.807) is 0 Å². The number of para-hydroxylation sites is 1. The maximum absolute atomic E-state index is 12.7. The third-order valence-corrected chi connectivity index (χ3v) is 3.74. The number of hydrogen-bond donors (Lipinski definition) is 2. The van der Waals surface area contributed by atoms with Crippen molar-refractivity contribution in [1.29, 1.82) is 0 Å². The number of nitrogens with one attached hydrogen (secondary N) is 1. The normalized spacial score (nSPS) is 18.4. The first-order valence-electron chi connectivity index (χ1n) is 8.28. The lowest BCUT2D eigenvalue weighted by Crippen LogP contribution is -2.53. The van der Waals surface area contributed by atoms with Crippen molar-refractivity contribution in [2.24, 2.45) is 5.73 Å². The Kier molecular flexibility index (Phi) is 6.57.